The number of carbonyl (C=O) groups excluding carboxylic acids is 1. The Kier molecular flexibility index (Phi) is 7.91. The maximum absolute atomic E-state index is 13.0. The molecule has 27 heavy (non-hydrogen) atoms. The van der Waals surface area contributed by atoms with Crippen LogP contribution in [0.3, 0.4) is 0 Å². The Morgan fingerprint density at radius 2 is 1.89 bits per heavy atom. The summed E-state index contributed by atoms with van der Waals surface area (Å²) in [7, 11) is -2.13. The van der Waals surface area contributed by atoms with E-state index in [9.17, 15) is 13.2 Å². The molecule has 152 valence electrons. The molecule has 0 aliphatic carbocycles. The van der Waals surface area contributed by atoms with Gasteiger partial charge in [0.25, 0.3) is 5.91 Å². The first-order valence-corrected chi connectivity index (χ1v) is 10.6. The van der Waals surface area contributed by atoms with Crippen LogP contribution >= 0.6 is 12.4 Å². The molecule has 0 saturated carbocycles. The number of hydrogen-bond donors (Lipinski definition) is 2. The summed E-state index contributed by atoms with van der Waals surface area (Å²) in [5.74, 6) is 0.500. The zero-order valence-electron chi connectivity index (χ0n) is 15.6. The zero-order chi connectivity index (χ0) is 18.6. The quantitative estimate of drug-likeness (QED) is 0.734. The van der Waals surface area contributed by atoms with Crippen LogP contribution in [0.1, 0.15) is 36.0 Å². The van der Waals surface area contributed by atoms with E-state index in [1.807, 2.05) is 0 Å². The van der Waals surface area contributed by atoms with E-state index in [2.05, 4.69) is 10.6 Å². The van der Waals surface area contributed by atoms with Gasteiger partial charge in [0.05, 0.1) is 17.6 Å². The molecule has 2 N–H and O–H groups in total. The van der Waals surface area contributed by atoms with Crippen molar-refractivity contribution >= 4 is 28.3 Å². The summed E-state index contributed by atoms with van der Waals surface area (Å²) in [5, 5.41) is 6.03. The van der Waals surface area contributed by atoms with Gasteiger partial charge < -0.3 is 15.4 Å². The average Bonchev–Trinajstić information content (AvgIpc) is 2.89. The highest BCUT2D eigenvalue weighted by atomic mass is 35.5. The molecule has 3 rings (SSSR count). The summed E-state index contributed by atoms with van der Waals surface area (Å²) in [6, 6.07) is 4.52. The van der Waals surface area contributed by atoms with Gasteiger partial charge in [0, 0.05) is 38.6 Å². The van der Waals surface area contributed by atoms with E-state index in [0.29, 0.717) is 31.3 Å². The highest BCUT2D eigenvalue weighted by Crippen LogP contribution is 2.26. The standard InChI is InChI=1S/C18H27N3O4S.ClH/c1-25-17-7-6-15(26(23,24)21-8-4-2-3-5-9-21)10-16(17)18(22)20-13-14-11-19-12-14;/h6-7,10,14,19H,2-5,8-9,11-13H2,1H3,(H,20,22);1H. The summed E-state index contributed by atoms with van der Waals surface area (Å²) in [5.41, 5.74) is 0.260. The predicted molar refractivity (Wildman–Crippen MR) is 106 cm³/mol. The lowest BCUT2D eigenvalue weighted by Gasteiger charge is -2.27. The van der Waals surface area contributed by atoms with E-state index in [0.717, 1.165) is 38.8 Å². The van der Waals surface area contributed by atoms with E-state index in [-0.39, 0.29) is 28.8 Å². The second-order valence-corrected chi connectivity index (χ2v) is 8.85. The molecule has 2 fully saturated rings. The summed E-state index contributed by atoms with van der Waals surface area (Å²) in [4.78, 5) is 12.7. The van der Waals surface area contributed by atoms with Gasteiger partial charge in [-0.3, -0.25) is 4.79 Å². The van der Waals surface area contributed by atoms with E-state index < -0.39 is 10.0 Å². The minimum atomic E-state index is -3.60. The molecule has 2 aliphatic rings. The molecule has 1 aromatic rings. The average molecular weight is 418 g/mol. The molecule has 0 spiro atoms. The van der Waals surface area contributed by atoms with E-state index in [1.165, 1.54) is 23.5 Å². The third-order valence-electron chi connectivity index (χ3n) is 5.04. The SMILES string of the molecule is COc1ccc(S(=O)(=O)N2CCCCCC2)cc1C(=O)NCC1CNC1.Cl. The van der Waals surface area contributed by atoms with Crippen LogP contribution in [-0.4, -0.2) is 58.5 Å². The Morgan fingerprint density at radius 3 is 2.44 bits per heavy atom. The third-order valence-corrected chi connectivity index (χ3v) is 6.93. The third kappa shape index (κ3) is 5.13. The van der Waals surface area contributed by atoms with Crippen LogP contribution in [0.15, 0.2) is 23.1 Å². The van der Waals surface area contributed by atoms with Crippen LogP contribution in [0.4, 0.5) is 0 Å². The van der Waals surface area contributed by atoms with Gasteiger partial charge >= 0.3 is 0 Å². The number of carbonyl (C=O) groups is 1. The van der Waals surface area contributed by atoms with Crippen LogP contribution in [0.2, 0.25) is 0 Å². The monoisotopic (exact) mass is 417 g/mol. The van der Waals surface area contributed by atoms with Crippen molar-refractivity contribution in [2.45, 2.75) is 30.6 Å². The van der Waals surface area contributed by atoms with Crippen LogP contribution in [0.25, 0.3) is 0 Å². The largest absolute Gasteiger partial charge is 0.496 e. The Balaban J connectivity index is 0.00000261. The van der Waals surface area contributed by atoms with E-state index in [1.54, 1.807) is 6.07 Å². The highest BCUT2D eigenvalue weighted by Gasteiger charge is 2.27. The fourth-order valence-corrected chi connectivity index (χ4v) is 4.82. The molecule has 0 atom stereocenters. The Bertz CT molecular complexity index is 745. The number of sulfonamides is 1. The first-order chi connectivity index (χ1) is 12.5. The molecule has 0 unspecified atom stereocenters. The Morgan fingerprint density at radius 1 is 1.22 bits per heavy atom. The predicted octanol–water partition coefficient (Wildman–Crippen LogP) is 1.63. The summed E-state index contributed by atoms with van der Waals surface area (Å²) < 4.78 is 32.8. The smallest absolute Gasteiger partial charge is 0.255 e. The van der Waals surface area contributed by atoms with Crippen LogP contribution < -0.4 is 15.4 Å². The number of benzene rings is 1. The number of halogens is 1. The number of methoxy groups -OCH3 is 1. The summed E-state index contributed by atoms with van der Waals surface area (Å²) in [6.07, 6.45) is 3.85. The first-order valence-electron chi connectivity index (χ1n) is 9.19. The van der Waals surface area contributed by atoms with Gasteiger partial charge in [0.15, 0.2) is 0 Å². The van der Waals surface area contributed by atoms with Crippen molar-refractivity contribution in [3.8, 4) is 5.75 Å². The second-order valence-electron chi connectivity index (χ2n) is 6.91. The molecular weight excluding hydrogens is 390 g/mol. The molecule has 2 aliphatic heterocycles. The number of nitrogens with zero attached hydrogens (tertiary/aromatic N) is 1. The van der Waals surface area contributed by atoms with E-state index >= 15 is 0 Å². The molecule has 2 heterocycles. The number of hydrogen-bond acceptors (Lipinski definition) is 5. The highest BCUT2D eigenvalue weighted by molar-refractivity contribution is 7.89. The summed E-state index contributed by atoms with van der Waals surface area (Å²) >= 11 is 0. The van der Waals surface area contributed by atoms with Crippen molar-refractivity contribution in [1.82, 2.24) is 14.9 Å². The lowest BCUT2D eigenvalue weighted by molar-refractivity contribution is 0.0939. The van der Waals surface area contributed by atoms with Crippen LogP contribution in [0, 0.1) is 5.92 Å². The molecule has 1 aromatic carbocycles. The van der Waals surface area contributed by atoms with Crippen molar-refractivity contribution in [3.63, 3.8) is 0 Å². The maximum atomic E-state index is 13.0. The van der Waals surface area contributed by atoms with Crippen molar-refractivity contribution in [1.29, 1.82) is 0 Å². The number of nitrogens with one attached hydrogen (secondary N) is 2. The van der Waals surface area contributed by atoms with Gasteiger partial charge in [-0.2, -0.15) is 4.31 Å². The van der Waals surface area contributed by atoms with Crippen molar-refractivity contribution in [2.24, 2.45) is 5.92 Å². The molecule has 0 bridgehead atoms. The zero-order valence-corrected chi connectivity index (χ0v) is 17.2. The molecule has 7 nitrogen and oxygen atoms in total. The second kappa shape index (κ2) is 9.73. The first kappa shape index (κ1) is 21.9. The maximum Gasteiger partial charge on any atom is 0.255 e. The van der Waals surface area contributed by atoms with Gasteiger partial charge in [-0.15, -0.1) is 12.4 Å². The number of rotatable bonds is 6. The lowest BCUT2D eigenvalue weighted by Crippen LogP contribution is -2.48. The van der Waals surface area contributed by atoms with Crippen LogP contribution in [0.5, 0.6) is 5.75 Å². The number of amides is 1. The van der Waals surface area contributed by atoms with Crippen molar-refractivity contribution < 1.29 is 17.9 Å². The van der Waals surface area contributed by atoms with Gasteiger partial charge in [0.1, 0.15) is 5.75 Å². The molecule has 0 aromatic heterocycles. The summed E-state index contributed by atoms with van der Waals surface area (Å²) in [6.45, 7) is 3.41. The Labute approximate surface area is 167 Å². The normalized spacial score (nSPS) is 18.7. The topological polar surface area (TPSA) is 87.7 Å². The number of ether oxygens (including phenoxy) is 1. The van der Waals surface area contributed by atoms with Gasteiger partial charge in [0.2, 0.25) is 10.0 Å². The minimum absolute atomic E-state index is 0. The molecule has 0 radical (unpaired) electrons. The van der Waals surface area contributed by atoms with Crippen molar-refractivity contribution in [3.05, 3.63) is 23.8 Å². The van der Waals surface area contributed by atoms with Gasteiger partial charge in [-0.05, 0) is 31.0 Å². The lowest BCUT2D eigenvalue weighted by atomic mass is 10.0. The Hall–Kier alpha value is -1.35. The fraction of sp³-hybridized carbons (Fsp3) is 0.611. The van der Waals surface area contributed by atoms with Crippen molar-refractivity contribution in [2.75, 3.05) is 39.8 Å². The fourth-order valence-electron chi connectivity index (χ4n) is 3.28. The molecule has 9 heteroatoms. The van der Waals surface area contributed by atoms with E-state index in [4.69, 9.17) is 4.74 Å². The van der Waals surface area contributed by atoms with Gasteiger partial charge in [-0.25, -0.2) is 8.42 Å². The van der Waals surface area contributed by atoms with Crippen LogP contribution in [-0.2, 0) is 10.0 Å². The minimum Gasteiger partial charge on any atom is -0.496 e. The molecule has 2 saturated heterocycles. The van der Waals surface area contributed by atoms with Gasteiger partial charge in [-0.1, -0.05) is 12.8 Å². The molecular formula is C18H28ClN3O4S. The molecule has 1 amide bonds.